The van der Waals surface area contributed by atoms with Crippen LogP contribution in [0.2, 0.25) is 0 Å². The molecule has 1 N–H and O–H groups in total. The van der Waals surface area contributed by atoms with Gasteiger partial charge in [-0.05, 0) is 11.4 Å². The Hall–Kier alpha value is -1.62. The summed E-state index contributed by atoms with van der Waals surface area (Å²) in [4.78, 5) is 8.52. The maximum Gasteiger partial charge on any atom is 0.250 e. The quantitative estimate of drug-likeness (QED) is 0.613. The first-order valence-corrected chi connectivity index (χ1v) is 4.74. The number of hydrogen-bond donors (Lipinski definition) is 1. The van der Waals surface area contributed by atoms with Gasteiger partial charge >= 0.3 is 0 Å². The molecular weight excluding hydrogens is 184 g/mol. The fourth-order valence-corrected chi connectivity index (χ4v) is 1.98. The third-order valence-electron chi connectivity index (χ3n) is 1.84. The van der Waals surface area contributed by atoms with Gasteiger partial charge in [0.1, 0.15) is 4.67 Å². The molecule has 0 unspecified atom stereocenters. The molecule has 3 rings (SSSR count). The Labute approximate surface area is 78.2 Å². The minimum atomic E-state index is 0.692. The summed E-state index contributed by atoms with van der Waals surface area (Å²) in [6.45, 7) is 0. The van der Waals surface area contributed by atoms with E-state index < -0.39 is 0 Å². The van der Waals surface area contributed by atoms with Gasteiger partial charge in [-0.15, -0.1) is 11.3 Å². The van der Waals surface area contributed by atoms with Gasteiger partial charge in [-0.2, -0.15) is 0 Å². The first kappa shape index (κ1) is 6.85. The average Bonchev–Trinajstić information content (AvgIpc) is 2.61. The van der Waals surface area contributed by atoms with Crippen LogP contribution in [-0.4, -0.2) is 11.0 Å². The van der Waals surface area contributed by atoms with Gasteiger partial charge in [0.2, 0.25) is 5.96 Å². The van der Waals surface area contributed by atoms with Crippen molar-refractivity contribution in [1.29, 1.82) is 0 Å². The van der Waals surface area contributed by atoms with Gasteiger partial charge in [0.15, 0.2) is 0 Å². The Morgan fingerprint density at radius 1 is 1.46 bits per heavy atom. The van der Waals surface area contributed by atoms with E-state index in [9.17, 15) is 0 Å². The lowest BCUT2D eigenvalue weighted by Gasteiger charge is -2.22. The number of hydrogen-bond acceptors (Lipinski definition) is 5. The second kappa shape index (κ2) is 2.43. The molecule has 13 heavy (non-hydrogen) atoms. The summed E-state index contributed by atoms with van der Waals surface area (Å²) in [5.41, 5.74) is 3.03. The minimum absolute atomic E-state index is 0.692. The number of fused-ring (bicyclic) bond motifs is 2. The monoisotopic (exact) mass is 190 g/mol. The lowest BCUT2D eigenvalue weighted by molar-refractivity contribution is 0.500. The molecule has 3 heterocycles. The summed E-state index contributed by atoms with van der Waals surface area (Å²) < 4.78 is 1.02. The molecule has 0 fully saturated rings. The maximum absolute atomic E-state index is 4.38. The van der Waals surface area contributed by atoms with Crippen molar-refractivity contribution in [2.45, 2.75) is 0 Å². The number of aliphatic imine (C=N–C) groups is 1. The molecule has 0 saturated heterocycles. The van der Waals surface area contributed by atoms with Crippen LogP contribution in [-0.2, 0) is 0 Å². The van der Waals surface area contributed by atoms with Gasteiger partial charge in [0, 0.05) is 23.8 Å². The van der Waals surface area contributed by atoms with Crippen molar-refractivity contribution in [3.8, 4) is 0 Å². The van der Waals surface area contributed by atoms with Gasteiger partial charge in [0.25, 0.3) is 0 Å². The third kappa shape index (κ3) is 0.972. The highest BCUT2D eigenvalue weighted by molar-refractivity contribution is 7.07. The van der Waals surface area contributed by atoms with Crippen LogP contribution in [0.15, 0.2) is 33.8 Å². The smallest absolute Gasteiger partial charge is 0.250 e. The Bertz CT molecular complexity index is 510. The fraction of sp³-hybridized carbons (Fsp3) is 0. The van der Waals surface area contributed by atoms with Crippen molar-refractivity contribution in [3.63, 3.8) is 0 Å². The number of nitrogens with one attached hydrogen (secondary N) is 1. The van der Waals surface area contributed by atoms with E-state index in [2.05, 4.69) is 15.4 Å². The standard InChI is InChI=1S/C8H6N4S/c1-4-13-7-6(1)5-12-8(11-7)9-2-3-10-12/h1-5,10H. The summed E-state index contributed by atoms with van der Waals surface area (Å²) in [6, 6.07) is 2.04. The van der Waals surface area contributed by atoms with E-state index in [0.29, 0.717) is 5.96 Å². The molecule has 0 saturated carbocycles. The highest BCUT2D eigenvalue weighted by atomic mass is 32.1. The van der Waals surface area contributed by atoms with Gasteiger partial charge in [-0.1, -0.05) is 0 Å². The van der Waals surface area contributed by atoms with E-state index in [0.717, 1.165) is 9.89 Å². The van der Waals surface area contributed by atoms with E-state index in [4.69, 9.17) is 0 Å². The molecule has 0 bridgehead atoms. The van der Waals surface area contributed by atoms with E-state index in [-0.39, 0.29) is 0 Å². The Morgan fingerprint density at radius 3 is 3.46 bits per heavy atom. The first-order chi connectivity index (χ1) is 6.43. The van der Waals surface area contributed by atoms with Crippen molar-refractivity contribution < 1.29 is 0 Å². The van der Waals surface area contributed by atoms with Crippen LogP contribution in [0.4, 0.5) is 0 Å². The number of nitrogens with zero attached hydrogens (tertiary/aromatic N) is 3. The van der Waals surface area contributed by atoms with Crippen molar-refractivity contribution in [2.75, 3.05) is 0 Å². The van der Waals surface area contributed by atoms with Crippen LogP contribution in [0, 0.1) is 0 Å². The van der Waals surface area contributed by atoms with E-state index >= 15 is 0 Å². The van der Waals surface area contributed by atoms with E-state index in [1.165, 1.54) is 0 Å². The first-order valence-electron chi connectivity index (χ1n) is 3.86. The molecule has 0 aromatic carbocycles. The second-order valence-corrected chi connectivity index (χ2v) is 3.56. The topological polar surface area (TPSA) is 40.0 Å². The Morgan fingerprint density at radius 2 is 2.46 bits per heavy atom. The van der Waals surface area contributed by atoms with Gasteiger partial charge in [-0.25, -0.2) is 15.0 Å². The molecule has 0 aliphatic carbocycles. The van der Waals surface area contributed by atoms with E-state index in [1.54, 1.807) is 28.7 Å². The highest BCUT2D eigenvalue weighted by Crippen LogP contribution is 2.00. The van der Waals surface area contributed by atoms with Crippen LogP contribution >= 0.6 is 11.3 Å². The SMILES string of the molecule is C1=CNN2C=c3ccsc3=NC2=N1. The zero-order valence-corrected chi connectivity index (χ0v) is 7.45. The average molecular weight is 190 g/mol. The summed E-state index contributed by atoms with van der Waals surface area (Å²) in [5, 5.41) is 4.96. The van der Waals surface area contributed by atoms with Crippen molar-refractivity contribution in [2.24, 2.45) is 9.98 Å². The zero-order chi connectivity index (χ0) is 8.67. The molecular formula is C8H6N4S. The van der Waals surface area contributed by atoms with Gasteiger partial charge in [0.05, 0.1) is 0 Å². The van der Waals surface area contributed by atoms with Crippen LogP contribution < -0.4 is 15.3 Å². The van der Waals surface area contributed by atoms with Crippen molar-refractivity contribution in [3.05, 3.63) is 33.7 Å². The molecule has 4 nitrogen and oxygen atoms in total. The lowest BCUT2D eigenvalue weighted by Crippen LogP contribution is -2.43. The molecule has 2 aliphatic rings. The zero-order valence-electron chi connectivity index (χ0n) is 6.64. The number of thiophene rings is 1. The number of hydrazine groups is 1. The molecule has 0 amide bonds. The maximum atomic E-state index is 4.38. The van der Waals surface area contributed by atoms with Crippen LogP contribution in [0.25, 0.3) is 6.20 Å². The molecule has 1 aromatic heterocycles. The highest BCUT2D eigenvalue weighted by Gasteiger charge is 2.12. The summed E-state index contributed by atoms with van der Waals surface area (Å²) in [5.74, 6) is 0.692. The normalized spacial score (nSPS) is 17.5. The third-order valence-corrected chi connectivity index (χ3v) is 2.66. The molecule has 0 atom stereocenters. The molecule has 0 spiro atoms. The summed E-state index contributed by atoms with van der Waals surface area (Å²) in [7, 11) is 0. The Kier molecular flexibility index (Phi) is 1.28. The second-order valence-electron chi connectivity index (χ2n) is 2.67. The van der Waals surface area contributed by atoms with Crippen LogP contribution in [0.1, 0.15) is 0 Å². The number of guanidine groups is 1. The summed E-state index contributed by atoms with van der Waals surface area (Å²) >= 11 is 1.62. The fourth-order valence-electron chi connectivity index (χ4n) is 1.25. The van der Waals surface area contributed by atoms with Crippen LogP contribution in [0.3, 0.4) is 0 Å². The minimum Gasteiger partial charge on any atom is -0.297 e. The molecule has 1 aromatic rings. The molecule has 5 heteroatoms. The van der Waals surface area contributed by atoms with Crippen molar-refractivity contribution in [1.82, 2.24) is 10.4 Å². The molecule has 0 radical (unpaired) electrons. The predicted octanol–water partition coefficient (Wildman–Crippen LogP) is -0.233. The number of rotatable bonds is 0. The van der Waals surface area contributed by atoms with E-state index in [1.807, 2.05) is 17.6 Å². The van der Waals surface area contributed by atoms with Gasteiger partial charge < -0.3 is 0 Å². The largest absolute Gasteiger partial charge is 0.297 e. The van der Waals surface area contributed by atoms with Crippen molar-refractivity contribution >= 4 is 23.5 Å². The lowest BCUT2D eigenvalue weighted by atomic mass is 10.4. The van der Waals surface area contributed by atoms with Crippen LogP contribution in [0.5, 0.6) is 0 Å². The van der Waals surface area contributed by atoms with Gasteiger partial charge in [-0.3, -0.25) is 5.43 Å². The predicted molar refractivity (Wildman–Crippen MR) is 51.1 cm³/mol. The summed E-state index contributed by atoms with van der Waals surface area (Å²) in [6.07, 6.45) is 5.45. The molecule has 2 aliphatic heterocycles. The Balaban J connectivity index is 2.30. The molecule has 64 valence electrons.